The van der Waals surface area contributed by atoms with Gasteiger partial charge < -0.3 is 11.1 Å². The van der Waals surface area contributed by atoms with Crippen LogP contribution in [0.25, 0.3) is 0 Å². The molecule has 12 heavy (non-hydrogen) atoms. The average Bonchev–Trinajstić information content (AvgIpc) is 2.45. The lowest BCUT2D eigenvalue weighted by molar-refractivity contribution is 0.990. The van der Waals surface area contributed by atoms with Gasteiger partial charge in [-0.25, -0.2) is 0 Å². The molecule has 4 nitrogen and oxygen atoms in total. The second-order valence-electron chi connectivity index (χ2n) is 2.23. The van der Waals surface area contributed by atoms with Gasteiger partial charge in [0.2, 0.25) is 11.1 Å². The van der Waals surface area contributed by atoms with Crippen molar-refractivity contribution in [2.75, 3.05) is 29.6 Å². The van der Waals surface area contributed by atoms with E-state index in [1.807, 2.05) is 11.8 Å². The summed E-state index contributed by atoms with van der Waals surface area (Å²) in [6, 6.07) is 0. The van der Waals surface area contributed by atoms with Gasteiger partial charge in [-0.3, -0.25) is 0 Å². The van der Waals surface area contributed by atoms with Gasteiger partial charge in [0.05, 0.1) is 0 Å². The lowest BCUT2D eigenvalue weighted by atomic mass is 10.5. The Hall–Kier alpha value is -0.490. The SMILES string of the molecule is CSCCCNc1nc(N)ns1. The Balaban J connectivity index is 2.15. The van der Waals surface area contributed by atoms with Crippen LogP contribution in [-0.2, 0) is 0 Å². The predicted octanol–water partition coefficient (Wildman–Crippen LogP) is 1.29. The van der Waals surface area contributed by atoms with Crippen LogP contribution in [0.2, 0.25) is 0 Å². The number of hydrogen-bond acceptors (Lipinski definition) is 6. The molecule has 1 heterocycles. The van der Waals surface area contributed by atoms with Crippen molar-refractivity contribution in [2.45, 2.75) is 6.42 Å². The average molecular weight is 204 g/mol. The van der Waals surface area contributed by atoms with Gasteiger partial charge in [-0.05, 0) is 18.4 Å². The number of anilines is 2. The number of aromatic nitrogens is 2. The van der Waals surface area contributed by atoms with Crippen molar-refractivity contribution < 1.29 is 0 Å². The number of nitrogens with zero attached hydrogens (tertiary/aromatic N) is 2. The first-order valence-corrected chi connectivity index (χ1v) is 5.81. The fraction of sp³-hybridized carbons (Fsp3) is 0.667. The first-order chi connectivity index (χ1) is 5.83. The second-order valence-corrected chi connectivity index (χ2v) is 3.97. The molecule has 0 aromatic carbocycles. The maximum atomic E-state index is 5.35. The molecule has 1 rings (SSSR count). The smallest absolute Gasteiger partial charge is 0.233 e. The summed E-state index contributed by atoms with van der Waals surface area (Å²) in [6.07, 6.45) is 3.24. The predicted molar refractivity (Wildman–Crippen MR) is 55.8 cm³/mol. The number of hydrogen-bond donors (Lipinski definition) is 2. The van der Waals surface area contributed by atoms with E-state index in [1.54, 1.807) is 0 Å². The van der Waals surface area contributed by atoms with E-state index >= 15 is 0 Å². The second kappa shape index (κ2) is 5.21. The molecule has 3 N–H and O–H groups in total. The molecule has 0 radical (unpaired) electrons. The summed E-state index contributed by atoms with van der Waals surface area (Å²) in [7, 11) is 0. The molecule has 0 fully saturated rings. The van der Waals surface area contributed by atoms with Crippen LogP contribution in [0.3, 0.4) is 0 Å². The molecular weight excluding hydrogens is 192 g/mol. The number of nitrogens with one attached hydrogen (secondary N) is 1. The van der Waals surface area contributed by atoms with Crippen molar-refractivity contribution >= 4 is 34.4 Å². The molecule has 0 saturated carbocycles. The molecule has 0 aliphatic heterocycles. The molecule has 1 aromatic rings. The van der Waals surface area contributed by atoms with Crippen molar-refractivity contribution in [1.82, 2.24) is 9.36 Å². The normalized spacial score (nSPS) is 10.1. The molecule has 1 aromatic heterocycles. The van der Waals surface area contributed by atoms with Gasteiger partial charge in [0.15, 0.2) is 0 Å². The van der Waals surface area contributed by atoms with Gasteiger partial charge >= 0.3 is 0 Å². The Labute approximate surface area is 80.1 Å². The van der Waals surface area contributed by atoms with Crippen LogP contribution in [-0.4, -0.2) is 27.9 Å². The van der Waals surface area contributed by atoms with Gasteiger partial charge in [-0.15, -0.1) is 0 Å². The maximum Gasteiger partial charge on any atom is 0.233 e. The summed E-state index contributed by atoms with van der Waals surface area (Å²) >= 11 is 3.15. The summed E-state index contributed by atoms with van der Waals surface area (Å²) in [5, 5.41) is 3.97. The van der Waals surface area contributed by atoms with Crippen LogP contribution in [0.4, 0.5) is 11.1 Å². The van der Waals surface area contributed by atoms with E-state index in [9.17, 15) is 0 Å². The molecule has 0 aliphatic carbocycles. The fourth-order valence-corrected chi connectivity index (χ4v) is 1.67. The summed E-state index contributed by atoms with van der Waals surface area (Å²) in [4.78, 5) is 3.98. The van der Waals surface area contributed by atoms with Crippen molar-refractivity contribution in [3.8, 4) is 0 Å². The highest BCUT2D eigenvalue weighted by atomic mass is 32.2. The van der Waals surface area contributed by atoms with E-state index in [1.165, 1.54) is 17.3 Å². The Morgan fingerprint density at radius 1 is 1.67 bits per heavy atom. The molecule has 0 saturated heterocycles. The summed E-state index contributed by atoms with van der Waals surface area (Å²) in [5.74, 6) is 1.52. The molecule has 0 unspecified atom stereocenters. The number of nitrogens with two attached hydrogens (primary N) is 1. The first kappa shape index (κ1) is 9.60. The number of rotatable bonds is 5. The van der Waals surface area contributed by atoms with E-state index < -0.39 is 0 Å². The molecule has 0 atom stereocenters. The van der Waals surface area contributed by atoms with E-state index in [4.69, 9.17) is 5.73 Å². The quantitative estimate of drug-likeness (QED) is 0.707. The topological polar surface area (TPSA) is 63.8 Å². The Morgan fingerprint density at radius 2 is 2.50 bits per heavy atom. The molecule has 0 spiro atoms. The minimum atomic E-state index is 0.354. The van der Waals surface area contributed by atoms with Gasteiger partial charge in [0.25, 0.3) is 0 Å². The third-order valence-electron chi connectivity index (χ3n) is 1.24. The first-order valence-electron chi connectivity index (χ1n) is 3.65. The van der Waals surface area contributed by atoms with Crippen LogP contribution < -0.4 is 11.1 Å². The summed E-state index contributed by atoms with van der Waals surface area (Å²) < 4.78 is 3.86. The zero-order valence-corrected chi connectivity index (χ0v) is 8.54. The maximum absolute atomic E-state index is 5.35. The Kier molecular flexibility index (Phi) is 4.16. The Morgan fingerprint density at radius 3 is 3.08 bits per heavy atom. The molecule has 0 amide bonds. The van der Waals surface area contributed by atoms with Crippen LogP contribution in [0.5, 0.6) is 0 Å². The van der Waals surface area contributed by atoms with Gasteiger partial charge in [-0.2, -0.15) is 21.1 Å². The van der Waals surface area contributed by atoms with Crippen molar-refractivity contribution in [3.63, 3.8) is 0 Å². The van der Waals surface area contributed by atoms with E-state index in [-0.39, 0.29) is 0 Å². The third kappa shape index (κ3) is 3.27. The van der Waals surface area contributed by atoms with Crippen molar-refractivity contribution in [3.05, 3.63) is 0 Å². The van der Waals surface area contributed by atoms with Crippen LogP contribution in [0.1, 0.15) is 6.42 Å². The minimum Gasteiger partial charge on any atom is -0.367 e. The molecule has 0 aliphatic rings. The van der Waals surface area contributed by atoms with Gasteiger partial charge in [-0.1, -0.05) is 0 Å². The van der Waals surface area contributed by atoms with Crippen molar-refractivity contribution in [1.29, 1.82) is 0 Å². The molecule has 68 valence electrons. The van der Waals surface area contributed by atoms with Gasteiger partial charge in [0, 0.05) is 18.1 Å². The standard InChI is InChI=1S/C6H12N4S2/c1-11-4-2-3-8-6-9-5(7)10-12-6/h2-4H2,1H3,(H3,7,8,9,10). The zero-order chi connectivity index (χ0) is 8.81. The minimum absolute atomic E-state index is 0.354. The van der Waals surface area contributed by atoms with Gasteiger partial charge in [0.1, 0.15) is 0 Å². The summed E-state index contributed by atoms with van der Waals surface area (Å²) in [5.41, 5.74) is 5.35. The van der Waals surface area contributed by atoms with E-state index in [0.29, 0.717) is 5.95 Å². The fourth-order valence-electron chi connectivity index (χ4n) is 0.718. The lowest BCUT2D eigenvalue weighted by Crippen LogP contribution is -2.02. The molecule has 6 heteroatoms. The number of nitrogen functional groups attached to an aromatic ring is 1. The van der Waals surface area contributed by atoms with Crippen LogP contribution >= 0.6 is 23.3 Å². The highest BCUT2D eigenvalue weighted by Gasteiger charge is 1.97. The van der Waals surface area contributed by atoms with Crippen molar-refractivity contribution in [2.24, 2.45) is 0 Å². The largest absolute Gasteiger partial charge is 0.367 e. The summed E-state index contributed by atoms with van der Waals surface area (Å²) in [6.45, 7) is 0.940. The third-order valence-corrected chi connectivity index (χ3v) is 2.63. The highest BCUT2D eigenvalue weighted by molar-refractivity contribution is 7.98. The highest BCUT2D eigenvalue weighted by Crippen LogP contribution is 2.11. The van der Waals surface area contributed by atoms with Crippen LogP contribution in [0, 0.1) is 0 Å². The van der Waals surface area contributed by atoms with E-state index in [0.717, 1.165) is 18.1 Å². The van der Waals surface area contributed by atoms with Crippen LogP contribution in [0.15, 0.2) is 0 Å². The molecular formula is C6H12N4S2. The number of thioether (sulfide) groups is 1. The zero-order valence-electron chi connectivity index (χ0n) is 6.91. The monoisotopic (exact) mass is 204 g/mol. The Bertz CT molecular complexity index is 225. The molecule has 0 bridgehead atoms. The lowest BCUT2D eigenvalue weighted by Gasteiger charge is -1.98. The van der Waals surface area contributed by atoms with E-state index in [2.05, 4.69) is 20.9 Å².